The van der Waals surface area contributed by atoms with Crippen LogP contribution >= 0.6 is 35.4 Å². The van der Waals surface area contributed by atoms with Gasteiger partial charge in [-0.2, -0.15) is 0 Å². The molecular formula is C22H13Cl2N3O5S. The zero-order valence-corrected chi connectivity index (χ0v) is 19.1. The molecule has 0 saturated carbocycles. The van der Waals surface area contributed by atoms with Crippen LogP contribution in [0.15, 0.2) is 58.5 Å². The lowest BCUT2D eigenvalue weighted by molar-refractivity contribution is -0.384. The number of furan rings is 1. The number of rotatable bonds is 4. The van der Waals surface area contributed by atoms with Crippen molar-refractivity contribution in [2.24, 2.45) is 0 Å². The van der Waals surface area contributed by atoms with Gasteiger partial charge >= 0.3 is 0 Å². The highest BCUT2D eigenvalue weighted by atomic mass is 35.5. The molecule has 1 aliphatic rings. The molecule has 11 heteroatoms. The third kappa shape index (κ3) is 4.38. The van der Waals surface area contributed by atoms with E-state index in [1.165, 1.54) is 29.2 Å². The van der Waals surface area contributed by atoms with Gasteiger partial charge in [-0.05, 0) is 67.2 Å². The second-order valence-corrected chi connectivity index (χ2v) is 8.22. The average Bonchev–Trinajstić information content (AvgIpc) is 3.22. The number of nitro benzene ring substituents is 1. The molecule has 0 bridgehead atoms. The van der Waals surface area contributed by atoms with E-state index in [9.17, 15) is 19.7 Å². The number of carbonyl (C=O) groups excluding carboxylic acids is 2. The molecule has 1 fully saturated rings. The molecule has 4 rings (SSSR count). The van der Waals surface area contributed by atoms with Gasteiger partial charge in [0.05, 0.1) is 10.6 Å². The first-order valence-corrected chi connectivity index (χ1v) is 10.5. The van der Waals surface area contributed by atoms with Crippen molar-refractivity contribution in [2.45, 2.75) is 6.92 Å². The number of hydrogen-bond donors (Lipinski definition) is 1. The van der Waals surface area contributed by atoms with Crippen LogP contribution in [0.3, 0.4) is 0 Å². The monoisotopic (exact) mass is 501 g/mol. The molecule has 0 unspecified atom stereocenters. The maximum absolute atomic E-state index is 13.1. The number of nitrogens with one attached hydrogen (secondary N) is 1. The van der Waals surface area contributed by atoms with Gasteiger partial charge in [-0.3, -0.25) is 29.9 Å². The summed E-state index contributed by atoms with van der Waals surface area (Å²) in [6.45, 7) is 1.82. The van der Waals surface area contributed by atoms with Crippen molar-refractivity contribution in [3.8, 4) is 11.3 Å². The summed E-state index contributed by atoms with van der Waals surface area (Å²) in [5.41, 5.74) is 1.16. The summed E-state index contributed by atoms with van der Waals surface area (Å²) in [5, 5.41) is 14.0. The Hall–Kier alpha value is -3.53. The van der Waals surface area contributed by atoms with E-state index >= 15 is 0 Å². The first kappa shape index (κ1) is 22.7. The van der Waals surface area contributed by atoms with Gasteiger partial charge in [0, 0.05) is 16.7 Å². The van der Waals surface area contributed by atoms with E-state index in [1.807, 2.05) is 6.92 Å². The van der Waals surface area contributed by atoms with Gasteiger partial charge < -0.3 is 4.42 Å². The molecule has 33 heavy (non-hydrogen) atoms. The Bertz CT molecular complexity index is 1380. The maximum atomic E-state index is 13.1. The van der Waals surface area contributed by atoms with E-state index < -0.39 is 16.7 Å². The molecule has 2 aromatic carbocycles. The van der Waals surface area contributed by atoms with E-state index in [4.69, 9.17) is 39.8 Å². The molecule has 1 N–H and O–H groups in total. The van der Waals surface area contributed by atoms with Gasteiger partial charge in [-0.25, -0.2) is 0 Å². The van der Waals surface area contributed by atoms with Crippen LogP contribution in [0.2, 0.25) is 10.0 Å². The SMILES string of the molecule is Cc1ccc(N2C(=O)/C(=C\c3ccc(-c4ccc(Cl)c([N+](=O)[O-])c4)o3)C(=O)NC2=S)cc1Cl. The maximum Gasteiger partial charge on any atom is 0.288 e. The molecule has 0 aliphatic carbocycles. The van der Waals surface area contributed by atoms with Crippen molar-refractivity contribution in [1.82, 2.24) is 5.32 Å². The number of benzene rings is 2. The number of aryl methyl sites for hydroxylation is 1. The number of halogens is 2. The molecule has 8 nitrogen and oxygen atoms in total. The Morgan fingerprint density at radius 2 is 1.85 bits per heavy atom. The number of nitro groups is 1. The summed E-state index contributed by atoms with van der Waals surface area (Å²) >= 11 is 17.2. The average molecular weight is 502 g/mol. The Kier molecular flexibility index (Phi) is 6.03. The van der Waals surface area contributed by atoms with Crippen molar-refractivity contribution in [1.29, 1.82) is 0 Å². The fraction of sp³-hybridized carbons (Fsp3) is 0.0455. The highest BCUT2D eigenvalue weighted by Gasteiger charge is 2.35. The Morgan fingerprint density at radius 3 is 2.55 bits per heavy atom. The number of carbonyl (C=O) groups is 2. The van der Waals surface area contributed by atoms with E-state index in [0.717, 1.165) is 5.56 Å². The molecule has 1 aromatic heterocycles. The van der Waals surface area contributed by atoms with E-state index in [-0.39, 0.29) is 27.2 Å². The molecule has 2 heterocycles. The minimum atomic E-state index is -0.681. The van der Waals surface area contributed by atoms with Crippen LogP contribution < -0.4 is 10.2 Å². The Balaban J connectivity index is 1.68. The van der Waals surface area contributed by atoms with Crippen molar-refractivity contribution < 1.29 is 18.9 Å². The van der Waals surface area contributed by atoms with Crippen LogP contribution in [0.5, 0.6) is 0 Å². The molecule has 0 spiro atoms. The fourth-order valence-corrected chi connectivity index (χ4v) is 3.79. The summed E-state index contributed by atoms with van der Waals surface area (Å²) in [6, 6.07) is 12.3. The van der Waals surface area contributed by atoms with E-state index in [2.05, 4.69) is 5.32 Å². The molecule has 0 radical (unpaired) electrons. The lowest BCUT2D eigenvalue weighted by atomic mass is 10.1. The predicted molar refractivity (Wildman–Crippen MR) is 128 cm³/mol. The van der Waals surface area contributed by atoms with Gasteiger partial charge in [0.1, 0.15) is 22.1 Å². The van der Waals surface area contributed by atoms with Gasteiger partial charge in [0.15, 0.2) is 5.11 Å². The lowest BCUT2D eigenvalue weighted by Gasteiger charge is -2.29. The molecular weight excluding hydrogens is 489 g/mol. The first-order valence-electron chi connectivity index (χ1n) is 9.37. The van der Waals surface area contributed by atoms with Crippen LogP contribution in [0.1, 0.15) is 11.3 Å². The number of amides is 2. The minimum Gasteiger partial charge on any atom is -0.457 e. The molecule has 1 saturated heterocycles. The summed E-state index contributed by atoms with van der Waals surface area (Å²) in [6.07, 6.45) is 1.27. The van der Waals surface area contributed by atoms with Crippen molar-refractivity contribution in [3.05, 3.63) is 85.6 Å². The zero-order chi connectivity index (χ0) is 23.9. The van der Waals surface area contributed by atoms with Crippen LogP contribution in [-0.2, 0) is 9.59 Å². The minimum absolute atomic E-state index is 0.00519. The molecule has 166 valence electrons. The van der Waals surface area contributed by atoms with Gasteiger partial charge in [-0.1, -0.05) is 29.3 Å². The van der Waals surface area contributed by atoms with E-state index in [1.54, 1.807) is 30.3 Å². The molecule has 2 amide bonds. The summed E-state index contributed by atoms with van der Waals surface area (Å²) in [4.78, 5) is 37.3. The molecule has 3 aromatic rings. The largest absolute Gasteiger partial charge is 0.457 e. The standard InChI is InChI=1S/C22H13Cl2N3O5S/c1-11-2-4-13(9-17(11)24)26-21(29)15(20(28)25-22(26)33)10-14-5-7-19(32-14)12-3-6-16(23)18(8-12)27(30)31/h2-10H,1H3,(H,25,28,33)/b15-10-. The van der Waals surface area contributed by atoms with Crippen molar-refractivity contribution in [2.75, 3.05) is 4.90 Å². The molecule has 0 atom stereocenters. The van der Waals surface area contributed by atoms with Gasteiger partial charge in [-0.15, -0.1) is 0 Å². The van der Waals surface area contributed by atoms with E-state index in [0.29, 0.717) is 22.0 Å². The lowest BCUT2D eigenvalue weighted by Crippen LogP contribution is -2.54. The second-order valence-electron chi connectivity index (χ2n) is 7.02. The third-order valence-electron chi connectivity index (χ3n) is 4.86. The predicted octanol–water partition coefficient (Wildman–Crippen LogP) is 5.30. The van der Waals surface area contributed by atoms with Crippen LogP contribution in [0.25, 0.3) is 17.4 Å². The smallest absolute Gasteiger partial charge is 0.288 e. The fourth-order valence-electron chi connectivity index (χ4n) is 3.15. The summed E-state index contributed by atoms with van der Waals surface area (Å²) < 4.78 is 5.70. The van der Waals surface area contributed by atoms with Gasteiger partial charge in [0.2, 0.25) is 0 Å². The van der Waals surface area contributed by atoms with Crippen molar-refractivity contribution >= 4 is 69.8 Å². The second kappa shape index (κ2) is 8.78. The normalized spacial score (nSPS) is 15.2. The quantitative estimate of drug-likeness (QED) is 0.171. The first-order chi connectivity index (χ1) is 15.7. The highest BCUT2D eigenvalue weighted by molar-refractivity contribution is 7.80. The third-order valence-corrected chi connectivity index (χ3v) is 5.87. The summed E-state index contributed by atoms with van der Waals surface area (Å²) in [7, 11) is 0. The highest BCUT2D eigenvalue weighted by Crippen LogP contribution is 2.32. The van der Waals surface area contributed by atoms with Crippen molar-refractivity contribution in [3.63, 3.8) is 0 Å². The molecule has 1 aliphatic heterocycles. The van der Waals surface area contributed by atoms with Crippen LogP contribution in [0.4, 0.5) is 11.4 Å². The van der Waals surface area contributed by atoms with Crippen LogP contribution in [-0.4, -0.2) is 21.9 Å². The number of anilines is 1. The Labute approximate surface area is 202 Å². The number of nitrogens with zero attached hydrogens (tertiary/aromatic N) is 2. The van der Waals surface area contributed by atoms with Crippen LogP contribution in [0, 0.1) is 17.0 Å². The summed E-state index contributed by atoms with van der Waals surface area (Å²) in [5.74, 6) is -0.845. The number of hydrogen-bond acceptors (Lipinski definition) is 6. The topological polar surface area (TPSA) is 106 Å². The zero-order valence-electron chi connectivity index (χ0n) is 16.8. The van der Waals surface area contributed by atoms with Gasteiger partial charge in [0.25, 0.3) is 17.5 Å². The Morgan fingerprint density at radius 1 is 1.09 bits per heavy atom. The number of thiocarbonyl (C=S) groups is 1.